The second-order valence-corrected chi connectivity index (χ2v) is 4.68. The van der Waals surface area contributed by atoms with Crippen LogP contribution in [0.4, 0.5) is 11.4 Å². The van der Waals surface area contributed by atoms with Crippen LogP contribution in [0.2, 0.25) is 0 Å². The topological polar surface area (TPSA) is 103 Å². The van der Waals surface area contributed by atoms with Gasteiger partial charge in [-0.25, -0.2) is 4.79 Å². The third kappa shape index (κ3) is 3.92. The van der Waals surface area contributed by atoms with Gasteiger partial charge in [-0.1, -0.05) is 18.2 Å². The summed E-state index contributed by atoms with van der Waals surface area (Å²) in [6.45, 7) is 1.50. The Kier molecular flexibility index (Phi) is 5.56. The molecular weight excluding hydrogens is 314 g/mol. The van der Waals surface area contributed by atoms with Crippen molar-refractivity contribution in [1.82, 2.24) is 4.98 Å². The molecule has 0 spiro atoms. The van der Waals surface area contributed by atoms with Crippen LogP contribution in [-0.2, 0) is 20.9 Å². The average molecular weight is 329 g/mol. The van der Waals surface area contributed by atoms with E-state index in [-0.39, 0.29) is 24.5 Å². The molecule has 0 bridgehead atoms. The molecule has 8 heteroatoms. The number of anilines is 1. The maximum absolute atomic E-state index is 12.4. The Labute approximate surface area is 137 Å². The van der Waals surface area contributed by atoms with Crippen LogP contribution in [-0.4, -0.2) is 28.4 Å². The fourth-order valence-electron chi connectivity index (χ4n) is 2.07. The van der Waals surface area contributed by atoms with Crippen LogP contribution in [0.15, 0.2) is 48.7 Å². The minimum atomic E-state index is -1.08. The van der Waals surface area contributed by atoms with Crippen LogP contribution in [0.25, 0.3) is 0 Å². The number of esters is 1. The van der Waals surface area contributed by atoms with Crippen LogP contribution < -0.4 is 4.90 Å². The summed E-state index contributed by atoms with van der Waals surface area (Å²) >= 11 is 0. The van der Waals surface area contributed by atoms with Crippen molar-refractivity contribution in [3.05, 3.63) is 64.5 Å². The SMILES string of the molecule is CCOC(=O)C(=O)N(Cc1ccccn1)c1ccccc1[N+](=O)[O-]. The zero-order chi connectivity index (χ0) is 17.5. The number of hydrogen-bond donors (Lipinski definition) is 0. The highest BCUT2D eigenvalue weighted by Crippen LogP contribution is 2.29. The smallest absolute Gasteiger partial charge is 0.397 e. The Morgan fingerprint density at radius 3 is 2.54 bits per heavy atom. The number of ether oxygens (including phenoxy) is 1. The fourth-order valence-corrected chi connectivity index (χ4v) is 2.07. The highest BCUT2D eigenvalue weighted by Gasteiger charge is 2.29. The average Bonchev–Trinajstić information content (AvgIpc) is 2.60. The Morgan fingerprint density at radius 2 is 1.92 bits per heavy atom. The number of nitro benzene ring substituents is 1. The van der Waals surface area contributed by atoms with Crippen molar-refractivity contribution in [2.45, 2.75) is 13.5 Å². The van der Waals surface area contributed by atoms with Crippen molar-refractivity contribution in [3.8, 4) is 0 Å². The van der Waals surface area contributed by atoms with Gasteiger partial charge in [-0.15, -0.1) is 0 Å². The standard InChI is InChI=1S/C16H15N3O5/c1-2-24-16(21)15(20)18(11-12-7-5-6-10-17-12)13-8-3-4-9-14(13)19(22)23/h3-10H,2,11H2,1H3. The van der Waals surface area contributed by atoms with Gasteiger partial charge >= 0.3 is 11.9 Å². The lowest BCUT2D eigenvalue weighted by Gasteiger charge is -2.21. The Balaban J connectivity index is 2.45. The van der Waals surface area contributed by atoms with Crippen LogP contribution in [0.5, 0.6) is 0 Å². The van der Waals surface area contributed by atoms with E-state index in [1.54, 1.807) is 31.2 Å². The minimum Gasteiger partial charge on any atom is -0.459 e. The molecule has 0 atom stereocenters. The highest BCUT2D eigenvalue weighted by molar-refractivity contribution is 6.38. The summed E-state index contributed by atoms with van der Waals surface area (Å²) in [5, 5.41) is 11.2. The first-order valence-electron chi connectivity index (χ1n) is 7.16. The molecule has 1 amide bonds. The van der Waals surface area contributed by atoms with Crippen molar-refractivity contribution < 1.29 is 19.2 Å². The first-order chi connectivity index (χ1) is 11.5. The lowest BCUT2D eigenvalue weighted by molar-refractivity contribution is -0.384. The molecule has 0 fully saturated rings. The molecule has 2 rings (SSSR count). The van der Waals surface area contributed by atoms with E-state index in [2.05, 4.69) is 4.98 Å². The van der Waals surface area contributed by atoms with E-state index in [4.69, 9.17) is 4.74 Å². The molecule has 0 saturated heterocycles. The first kappa shape index (κ1) is 17.1. The van der Waals surface area contributed by atoms with E-state index >= 15 is 0 Å². The maximum Gasteiger partial charge on any atom is 0.397 e. The predicted octanol–water partition coefficient (Wildman–Crippen LogP) is 2.09. The van der Waals surface area contributed by atoms with E-state index in [9.17, 15) is 19.7 Å². The van der Waals surface area contributed by atoms with E-state index < -0.39 is 16.8 Å². The van der Waals surface area contributed by atoms with Gasteiger partial charge in [0.2, 0.25) is 0 Å². The molecular formula is C16H15N3O5. The molecule has 1 aromatic heterocycles. The maximum atomic E-state index is 12.4. The largest absolute Gasteiger partial charge is 0.459 e. The third-order valence-electron chi connectivity index (χ3n) is 3.11. The molecule has 0 unspecified atom stereocenters. The molecule has 0 saturated carbocycles. The van der Waals surface area contributed by atoms with Crippen molar-refractivity contribution in [2.24, 2.45) is 0 Å². The number of pyridine rings is 1. The van der Waals surface area contributed by atoms with Gasteiger partial charge < -0.3 is 4.74 Å². The van der Waals surface area contributed by atoms with Crippen molar-refractivity contribution >= 4 is 23.3 Å². The number of amides is 1. The lowest BCUT2D eigenvalue weighted by Crippen LogP contribution is -2.38. The normalized spacial score (nSPS) is 10.0. The monoisotopic (exact) mass is 329 g/mol. The molecule has 0 radical (unpaired) electrons. The minimum absolute atomic E-state index is 0.00575. The van der Waals surface area contributed by atoms with E-state index in [1.807, 2.05) is 0 Å². The molecule has 0 aliphatic heterocycles. The number of hydrogen-bond acceptors (Lipinski definition) is 6. The molecule has 8 nitrogen and oxygen atoms in total. The second-order valence-electron chi connectivity index (χ2n) is 4.68. The number of benzene rings is 1. The van der Waals surface area contributed by atoms with Gasteiger partial charge in [-0.2, -0.15) is 0 Å². The number of carbonyl (C=O) groups is 2. The highest BCUT2D eigenvalue weighted by atomic mass is 16.6. The van der Waals surface area contributed by atoms with Crippen molar-refractivity contribution in [3.63, 3.8) is 0 Å². The molecule has 0 aliphatic carbocycles. The number of aromatic nitrogens is 1. The second kappa shape index (κ2) is 7.82. The Morgan fingerprint density at radius 1 is 1.21 bits per heavy atom. The zero-order valence-electron chi connectivity index (χ0n) is 12.9. The van der Waals surface area contributed by atoms with Gasteiger partial charge in [-0.3, -0.25) is 24.8 Å². The van der Waals surface area contributed by atoms with E-state index in [0.29, 0.717) is 5.69 Å². The molecule has 124 valence electrons. The summed E-state index contributed by atoms with van der Waals surface area (Å²) in [6, 6.07) is 10.8. The summed E-state index contributed by atoms with van der Waals surface area (Å²) in [5.41, 5.74) is 0.200. The zero-order valence-corrected chi connectivity index (χ0v) is 12.9. The van der Waals surface area contributed by atoms with Gasteiger partial charge in [-0.05, 0) is 25.1 Å². The van der Waals surface area contributed by atoms with Crippen LogP contribution >= 0.6 is 0 Å². The Hall–Kier alpha value is -3.29. The summed E-state index contributed by atoms with van der Waals surface area (Å²) in [5.74, 6) is -2.07. The predicted molar refractivity (Wildman–Crippen MR) is 85.2 cm³/mol. The number of para-hydroxylation sites is 2. The van der Waals surface area contributed by atoms with E-state index in [0.717, 1.165) is 4.90 Å². The summed E-state index contributed by atoms with van der Waals surface area (Å²) in [4.78, 5) is 39.9. The first-order valence-corrected chi connectivity index (χ1v) is 7.16. The Bertz CT molecular complexity index is 748. The third-order valence-corrected chi connectivity index (χ3v) is 3.11. The number of nitro groups is 1. The van der Waals surface area contributed by atoms with Crippen LogP contribution in [0.3, 0.4) is 0 Å². The van der Waals surface area contributed by atoms with Crippen molar-refractivity contribution in [2.75, 3.05) is 11.5 Å². The molecule has 0 N–H and O–H groups in total. The van der Waals surface area contributed by atoms with Crippen LogP contribution in [0.1, 0.15) is 12.6 Å². The number of nitrogens with zero attached hydrogens (tertiary/aromatic N) is 3. The molecule has 24 heavy (non-hydrogen) atoms. The molecule has 0 aliphatic rings. The lowest BCUT2D eigenvalue weighted by atomic mass is 10.2. The molecule has 1 aromatic carbocycles. The van der Waals surface area contributed by atoms with Gasteiger partial charge in [0.1, 0.15) is 5.69 Å². The van der Waals surface area contributed by atoms with Crippen LogP contribution in [0, 0.1) is 10.1 Å². The van der Waals surface area contributed by atoms with Gasteiger partial charge in [0.05, 0.1) is 23.8 Å². The number of carbonyl (C=O) groups excluding carboxylic acids is 2. The van der Waals surface area contributed by atoms with E-state index in [1.165, 1.54) is 24.4 Å². The van der Waals surface area contributed by atoms with Gasteiger partial charge in [0, 0.05) is 12.3 Å². The van der Waals surface area contributed by atoms with Gasteiger partial charge in [0.25, 0.3) is 5.69 Å². The summed E-state index contributed by atoms with van der Waals surface area (Å²) in [7, 11) is 0. The summed E-state index contributed by atoms with van der Waals surface area (Å²) in [6.07, 6.45) is 1.53. The quantitative estimate of drug-likeness (QED) is 0.360. The molecule has 1 heterocycles. The van der Waals surface area contributed by atoms with Gasteiger partial charge in [0.15, 0.2) is 0 Å². The number of rotatable bonds is 5. The van der Waals surface area contributed by atoms with Crippen molar-refractivity contribution in [1.29, 1.82) is 0 Å². The molecule has 2 aromatic rings. The summed E-state index contributed by atoms with van der Waals surface area (Å²) < 4.78 is 4.72. The fraction of sp³-hybridized carbons (Fsp3) is 0.188.